The average molecular weight is 367 g/mol. The van der Waals surface area contributed by atoms with Crippen LogP contribution in [0.5, 0.6) is 0 Å². The summed E-state index contributed by atoms with van der Waals surface area (Å²) in [6.45, 7) is 1.68. The first-order chi connectivity index (χ1) is 11.9. The monoisotopic (exact) mass is 366 g/mol. The highest BCUT2D eigenvalue weighted by Crippen LogP contribution is 2.48. The van der Waals surface area contributed by atoms with Crippen molar-refractivity contribution in [2.24, 2.45) is 11.3 Å². The normalized spacial score (nSPS) is 20.6. The van der Waals surface area contributed by atoms with Crippen molar-refractivity contribution >= 4 is 28.9 Å². The molecule has 7 heteroatoms. The number of nitrogens with zero attached hydrogens (tertiary/aromatic N) is 2. The van der Waals surface area contributed by atoms with E-state index in [-0.39, 0.29) is 12.1 Å². The number of benzene rings is 1. The minimum atomic E-state index is -0.698. The van der Waals surface area contributed by atoms with E-state index in [1.807, 2.05) is 0 Å². The third-order valence-corrected chi connectivity index (χ3v) is 6.25. The van der Waals surface area contributed by atoms with E-state index in [1.54, 1.807) is 12.1 Å². The molecule has 1 aliphatic carbocycles. The summed E-state index contributed by atoms with van der Waals surface area (Å²) in [6, 6.07) is 4.58. The molecule has 1 saturated heterocycles. The Kier molecular flexibility index (Phi) is 5.18. The highest BCUT2D eigenvalue weighted by Gasteiger charge is 2.38. The summed E-state index contributed by atoms with van der Waals surface area (Å²) in [4.78, 5) is 23.6. The molecule has 1 aliphatic heterocycles. The van der Waals surface area contributed by atoms with E-state index in [0.29, 0.717) is 16.4 Å². The Labute approximate surface area is 151 Å². The van der Waals surface area contributed by atoms with Gasteiger partial charge < -0.3 is 10.0 Å². The van der Waals surface area contributed by atoms with E-state index < -0.39 is 10.9 Å². The van der Waals surface area contributed by atoms with E-state index in [9.17, 15) is 14.9 Å². The summed E-state index contributed by atoms with van der Waals surface area (Å²) in [6.07, 6.45) is 6.50. The second kappa shape index (κ2) is 7.20. The number of carboxylic acids is 1. The van der Waals surface area contributed by atoms with Crippen LogP contribution in [0.25, 0.3) is 0 Å². The van der Waals surface area contributed by atoms with Crippen LogP contribution in [-0.4, -0.2) is 29.1 Å². The van der Waals surface area contributed by atoms with Gasteiger partial charge in [-0.3, -0.25) is 14.9 Å². The fourth-order valence-electron chi connectivity index (χ4n) is 4.32. The number of carbonyl (C=O) groups is 1. The maximum atomic E-state index is 11.0. The quantitative estimate of drug-likeness (QED) is 0.626. The molecule has 1 heterocycles. The van der Waals surface area contributed by atoms with Crippen LogP contribution >= 0.6 is 11.6 Å². The number of hydrogen-bond acceptors (Lipinski definition) is 4. The predicted octanol–water partition coefficient (Wildman–Crippen LogP) is 4.50. The van der Waals surface area contributed by atoms with Crippen LogP contribution in [0.3, 0.4) is 0 Å². The smallest absolute Gasteiger partial charge is 0.303 e. The summed E-state index contributed by atoms with van der Waals surface area (Å²) in [5.74, 6) is -0.386. The molecule has 1 aromatic carbocycles. The molecule has 25 heavy (non-hydrogen) atoms. The van der Waals surface area contributed by atoms with Crippen molar-refractivity contribution in [1.82, 2.24) is 0 Å². The Morgan fingerprint density at radius 1 is 1.28 bits per heavy atom. The van der Waals surface area contributed by atoms with Crippen LogP contribution in [0.1, 0.15) is 44.9 Å². The van der Waals surface area contributed by atoms with Gasteiger partial charge in [-0.1, -0.05) is 11.6 Å². The zero-order chi connectivity index (χ0) is 18.0. The van der Waals surface area contributed by atoms with Gasteiger partial charge in [0.2, 0.25) is 0 Å². The third-order valence-electron chi connectivity index (χ3n) is 5.93. The molecule has 3 rings (SSSR count). The Morgan fingerprint density at radius 2 is 1.92 bits per heavy atom. The summed E-state index contributed by atoms with van der Waals surface area (Å²) >= 11 is 6.26. The van der Waals surface area contributed by atoms with Crippen LogP contribution in [0, 0.1) is 21.4 Å². The number of nitro groups is 1. The number of piperidine rings is 1. The molecule has 0 unspecified atom stereocenters. The fraction of sp³-hybridized carbons (Fsp3) is 0.611. The number of aliphatic carboxylic acids is 1. The van der Waals surface area contributed by atoms with Crippen molar-refractivity contribution in [1.29, 1.82) is 0 Å². The van der Waals surface area contributed by atoms with Crippen LogP contribution in [0.15, 0.2) is 18.2 Å². The highest BCUT2D eigenvalue weighted by molar-refractivity contribution is 6.33. The minimum absolute atomic E-state index is 0.0638. The lowest BCUT2D eigenvalue weighted by Gasteiger charge is -2.46. The van der Waals surface area contributed by atoms with E-state index in [2.05, 4.69) is 4.90 Å². The van der Waals surface area contributed by atoms with Crippen molar-refractivity contribution in [3.63, 3.8) is 0 Å². The van der Waals surface area contributed by atoms with Crippen molar-refractivity contribution in [3.05, 3.63) is 33.3 Å². The van der Waals surface area contributed by atoms with Crippen LogP contribution < -0.4 is 4.90 Å². The number of anilines is 1. The molecule has 0 radical (unpaired) electrons. The fourth-order valence-corrected chi connectivity index (χ4v) is 4.56. The van der Waals surface area contributed by atoms with Gasteiger partial charge in [0, 0.05) is 31.6 Å². The number of hydrogen-bond donors (Lipinski definition) is 1. The molecule has 2 fully saturated rings. The van der Waals surface area contributed by atoms with Gasteiger partial charge in [0.05, 0.1) is 15.6 Å². The number of carboxylic acid groups (broad SMARTS) is 1. The summed E-state index contributed by atoms with van der Waals surface area (Å²) < 4.78 is 0. The Balaban J connectivity index is 1.62. The molecule has 1 saturated carbocycles. The summed E-state index contributed by atoms with van der Waals surface area (Å²) in [5, 5.41) is 20.5. The molecule has 0 amide bonds. The van der Waals surface area contributed by atoms with Gasteiger partial charge in [-0.05, 0) is 55.9 Å². The highest BCUT2D eigenvalue weighted by atomic mass is 35.5. The number of halogens is 1. The molecule has 136 valence electrons. The van der Waals surface area contributed by atoms with Crippen molar-refractivity contribution in [2.45, 2.75) is 44.9 Å². The van der Waals surface area contributed by atoms with Crippen molar-refractivity contribution in [3.8, 4) is 0 Å². The lowest BCUT2D eigenvalue weighted by Crippen LogP contribution is -2.42. The van der Waals surface area contributed by atoms with E-state index in [1.165, 1.54) is 6.07 Å². The lowest BCUT2D eigenvalue weighted by atomic mass is 9.65. The molecule has 0 aromatic heterocycles. The minimum Gasteiger partial charge on any atom is -0.481 e. The second-order valence-corrected chi connectivity index (χ2v) is 7.83. The van der Waals surface area contributed by atoms with Gasteiger partial charge in [-0.2, -0.15) is 0 Å². The lowest BCUT2D eigenvalue weighted by molar-refractivity contribution is -0.384. The molecule has 1 spiro atoms. The zero-order valence-electron chi connectivity index (χ0n) is 14.1. The molecule has 0 atom stereocenters. The molecule has 2 aliphatic rings. The average Bonchev–Trinajstić information content (AvgIpc) is 2.58. The SMILES string of the molecule is O=C(O)CC1CCC2(CC1)CCN(c1cc([N+](=O)[O-])ccc1Cl)CC2. The molecule has 0 bridgehead atoms. The molecule has 1 N–H and O–H groups in total. The van der Waals surface area contributed by atoms with Crippen LogP contribution in [0.4, 0.5) is 11.4 Å². The van der Waals surface area contributed by atoms with Crippen LogP contribution in [-0.2, 0) is 4.79 Å². The topological polar surface area (TPSA) is 83.7 Å². The number of rotatable bonds is 4. The van der Waals surface area contributed by atoms with E-state index in [0.717, 1.165) is 57.3 Å². The summed E-state index contributed by atoms with van der Waals surface area (Å²) in [7, 11) is 0. The van der Waals surface area contributed by atoms with Gasteiger partial charge in [0.25, 0.3) is 5.69 Å². The maximum Gasteiger partial charge on any atom is 0.303 e. The van der Waals surface area contributed by atoms with E-state index >= 15 is 0 Å². The predicted molar refractivity (Wildman–Crippen MR) is 96.2 cm³/mol. The van der Waals surface area contributed by atoms with E-state index in [4.69, 9.17) is 16.7 Å². The first-order valence-electron chi connectivity index (χ1n) is 8.79. The molecule has 6 nitrogen and oxygen atoms in total. The first-order valence-corrected chi connectivity index (χ1v) is 9.17. The summed E-state index contributed by atoms with van der Waals surface area (Å²) in [5.41, 5.74) is 1.11. The first kappa shape index (κ1) is 18.0. The van der Waals surface area contributed by atoms with Crippen molar-refractivity contribution in [2.75, 3.05) is 18.0 Å². The zero-order valence-corrected chi connectivity index (χ0v) is 14.9. The van der Waals surface area contributed by atoms with Gasteiger partial charge in [-0.15, -0.1) is 0 Å². The van der Waals surface area contributed by atoms with Crippen LogP contribution in [0.2, 0.25) is 5.02 Å². The van der Waals surface area contributed by atoms with Gasteiger partial charge >= 0.3 is 5.97 Å². The molecular formula is C18H23ClN2O4. The largest absolute Gasteiger partial charge is 0.481 e. The Bertz CT molecular complexity index is 661. The van der Waals surface area contributed by atoms with Gasteiger partial charge in [0.1, 0.15) is 0 Å². The van der Waals surface area contributed by atoms with Gasteiger partial charge in [-0.25, -0.2) is 0 Å². The number of nitro benzene ring substituents is 1. The molecule has 1 aromatic rings. The van der Waals surface area contributed by atoms with Gasteiger partial charge in [0.15, 0.2) is 0 Å². The van der Waals surface area contributed by atoms with Crippen molar-refractivity contribution < 1.29 is 14.8 Å². The Morgan fingerprint density at radius 3 is 2.48 bits per heavy atom. The maximum absolute atomic E-state index is 11.0. The third kappa shape index (κ3) is 4.06. The Hall–Kier alpha value is -1.82. The second-order valence-electron chi connectivity index (χ2n) is 7.42. The standard InChI is InChI=1S/C18H23ClN2O4/c19-15-2-1-14(21(24)25)12-16(15)20-9-7-18(8-10-20)5-3-13(4-6-18)11-17(22)23/h1-2,12-13H,3-11H2,(H,22,23). The number of non-ortho nitro benzene ring substituents is 1. The molecular weight excluding hydrogens is 344 g/mol.